The fraction of sp³-hybridized carbons (Fsp3) is 0.750. The van der Waals surface area contributed by atoms with E-state index in [0.29, 0.717) is 18.1 Å². The highest BCUT2D eigenvalue weighted by Gasteiger charge is 2.18. The van der Waals surface area contributed by atoms with Crippen molar-refractivity contribution >= 4 is 11.9 Å². The smallest absolute Gasteiger partial charge is 0.333 e. The summed E-state index contributed by atoms with van der Waals surface area (Å²) >= 11 is 0. The zero-order chi connectivity index (χ0) is 15.7. The average Bonchev–Trinajstić information content (AvgIpc) is 2.32. The number of hydrogen-bond donors (Lipinski definition) is 0. The fourth-order valence-corrected chi connectivity index (χ4v) is 1.82. The first-order valence-electron chi connectivity index (χ1n) is 7.22. The van der Waals surface area contributed by atoms with Crippen LogP contribution in [0.4, 0.5) is 0 Å². The highest BCUT2D eigenvalue weighted by Crippen LogP contribution is 2.18. The van der Waals surface area contributed by atoms with Gasteiger partial charge in [-0.05, 0) is 38.0 Å². The van der Waals surface area contributed by atoms with Crippen LogP contribution in [0.2, 0.25) is 0 Å². The van der Waals surface area contributed by atoms with Gasteiger partial charge in [-0.25, -0.2) is 4.79 Å². The van der Waals surface area contributed by atoms with Gasteiger partial charge in [0.05, 0.1) is 6.61 Å². The first-order chi connectivity index (χ1) is 9.22. The van der Waals surface area contributed by atoms with Gasteiger partial charge in [0, 0.05) is 12.5 Å². The van der Waals surface area contributed by atoms with Crippen LogP contribution in [0.1, 0.15) is 53.9 Å². The number of carbonyl (C=O) groups is 2. The average molecular weight is 284 g/mol. The van der Waals surface area contributed by atoms with Gasteiger partial charge >= 0.3 is 11.9 Å². The predicted octanol–water partition coefficient (Wildman–Crippen LogP) is 3.50. The second-order valence-electron chi connectivity index (χ2n) is 5.92. The molecule has 0 saturated carbocycles. The maximum absolute atomic E-state index is 11.6. The molecule has 0 aliphatic heterocycles. The van der Waals surface area contributed by atoms with Crippen molar-refractivity contribution in [3.63, 3.8) is 0 Å². The maximum atomic E-state index is 11.6. The van der Waals surface area contributed by atoms with E-state index >= 15 is 0 Å². The Morgan fingerprint density at radius 3 is 2.15 bits per heavy atom. The van der Waals surface area contributed by atoms with E-state index < -0.39 is 0 Å². The van der Waals surface area contributed by atoms with E-state index in [1.165, 1.54) is 6.92 Å². The van der Waals surface area contributed by atoms with Crippen molar-refractivity contribution in [2.24, 2.45) is 11.8 Å². The summed E-state index contributed by atoms with van der Waals surface area (Å²) in [5, 5.41) is 0. The van der Waals surface area contributed by atoms with Crippen LogP contribution in [0.15, 0.2) is 12.2 Å². The van der Waals surface area contributed by atoms with Crippen molar-refractivity contribution in [3.05, 3.63) is 12.2 Å². The molecular formula is C16H28O4. The molecule has 0 aliphatic rings. The van der Waals surface area contributed by atoms with E-state index in [2.05, 4.69) is 20.4 Å². The lowest BCUT2D eigenvalue weighted by molar-refractivity contribution is -0.145. The third-order valence-electron chi connectivity index (χ3n) is 2.91. The summed E-state index contributed by atoms with van der Waals surface area (Å²) in [7, 11) is 0. The monoisotopic (exact) mass is 284 g/mol. The van der Waals surface area contributed by atoms with Crippen LogP contribution in [0.3, 0.4) is 0 Å². The largest absolute Gasteiger partial charge is 0.466 e. The summed E-state index contributed by atoms with van der Waals surface area (Å²) < 4.78 is 10.4. The molecule has 0 saturated heterocycles. The Kier molecular flexibility index (Phi) is 8.93. The minimum Gasteiger partial charge on any atom is -0.466 e. The molecule has 0 aromatic heterocycles. The van der Waals surface area contributed by atoms with E-state index in [1.54, 1.807) is 6.92 Å². The Balaban J connectivity index is 4.25. The van der Waals surface area contributed by atoms with Crippen molar-refractivity contribution in [2.45, 2.75) is 60.0 Å². The van der Waals surface area contributed by atoms with Crippen LogP contribution < -0.4 is 0 Å². The minimum absolute atomic E-state index is 0.0982. The third-order valence-corrected chi connectivity index (χ3v) is 2.91. The summed E-state index contributed by atoms with van der Waals surface area (Å²) in [6, 6.07) is 0. The zero-order valence-electron chi connectivity index (χ0n) is 13.4. The van der Waals surface area contributed by atoms with E-state index in [0.717, 1.165) is 19.3 Å². The summed E-state index contributed by atoms with van der Waals surface area (Å²) in [5.41, 5.74) is 0.423. The third kappa shape index (κ3) is 9.59. The Morgan fingerprint density at radius 2 is 1.70 bits per heavy atom. The molecule has 4 heteroatoms. The van der Waals surface area contributed by atoms with Crippen molar-refractivity contribution in [2.75, 3.05) is 6.61 Å². The van der Waals surface area contributed by atoms with Crippen molar-refractivity contribution < 1.29 is 19.1 Å². The molecule has 0 radical (unpaired) electrons. The SMILES string of the molecule is C=C(C)C(=O)OC(CCC(C)COC(C)=O)CC(C)C. The normalized spacial score (nSPS) is 13.7. The number of carbonyl (C=O) groups excluding carboxylic acids is 2. The molecule has 2 unspecified atom stereocenters. The molecule has 0 rings (SSSR count). The topological polar surface area (TPSA) is 52.6 Å². The van der Waals surface area contributed by atoms with Crippen LogP contribution >= 0.6 is 0 Å². The summed E-state index contributed by atoms with van der Waals surface area (Å²) in [4.78, 5) is 22.4. The Bertz CT molecular complexity index is 333. The second-order valence-corrected chi connectivity index (χ2v) is 5.92. The summed E-state index contributed by atoms with van der Waals surface area (Å²) in [6.45, 7) is 13.3. The van der Waals surface area contributed by atoms with Gasteiger partial charge in [0.2, 0.25) is 0 Å². The summed E-state index contributed by atoms with van der Waals surface area (Å²) in [5.74, 6) is 0.131. The molecule has 4 nitrogen and oxygen atoms in total. The van der Waals surface area contributed by atoms with Crippen molar-refractivity contribution in [1.29, 1.82) is 0 Å². The standard InChI is InChI=1S/C16H28O4/c1-11(2)9-15(20-16(18)12(3)4)8-7-13(5)10-19-14(6)17/h11,13,15H,3,7-10H2,1-2,4-6H3. The van der Waals surface area contributed by atoms with Gasteiger partial charge in [-0.15, -0.1) is 0 Å². The molecular weight excluding hydrogens is 256 g/mol. The number of rotatable bonds is 9. The quantitative estimate of drug-likeness (QED) is 0.480. The Labute approximate surface area is 122 Å². The molecule has 0 amide bonds. The maximum Gasteiger partial charge on any atom is 0.333 e. The van der Waals surface area contributed by atoms with E-state index in [4.69, 9.17) is 9.47 Å². The molecule has 0 fully saturated rings. The molecule has 0 N–H and O–H groups in total. The lowest BCUT2D eigenvalue weighted by Crippen LogP contribution is -2.22. The number of esters is 2. The van der Waals surface area contributed by atoms with E-state index in [1.807, 2.05) is 6.92 Å². The lowest BCUT2D eigenvalue weighted by Gasteiger charge is -2.21. The minimum atomic E-state index is -0.330. The van der Waals surface area contributed by atoms with Crippen LogP contribution in [0.5, 0.6) is 0 Å². The van der Waals surface area contributed by atoms with Crippen molar-refractivity contribution in [1.82, 2.24) is 0 Å². The van der Waals surface area contributed by atoms with Gasteiger partial charge in [-0.1, -0.05) is 27.4 Å². The lowest BCUT2D eigenvalue weighted by atomic mass is 9.97. The highest BCUT2D eigenvalue weighted by atomic mass is 16.5. The number of hydrogen-bond acceptors (Lipinski definition) is 4. The van der Waals surface area contributed by atoms with Crippen LogP contribution in [-0.4, -0.2) is 24.6 Å². The van der Waals surface area contributed by atoms with Gasteiger partial charge in [-0.2, -0.15) is 0 Å². The van der Waals surface area contributed by atoms with Gasteiger partial charge in [0.1, 0.15) is 6.10 Å². The predicted molar refractivity (Wildman–Crippen MR) is 79.2 cm³/mol. The molecule has 0 spiro atoms. The second kappa shape index (κ2) is 9.56. The molecule has 0 aromatic rings. The van der Waals surface area contributed by atoms with Gasteiger partial charge in [0.25, 0.3) is 0 Å². The molecule has 0 aromatic carbocycles. The Hall–Kier alpha value is -1.32. The van der Waals surface area contributed by atoms with E-state index in [9.17, 15) is 9.59 Å². The zero-order valence-corrected chi connectivity index (χ0v) is 13.4. The first-order valence-corrected chi connectivity index (χ1v) is 7.22. The summed E-state index contributed by atoms with van der Waals surface area (Å²) in [6.07, 6.45) is 2.37. The Morgan fingerprint density at radius 1 is 1.10 bits per heavy atom. The highest BCUT2D eigenvalue weighted by molar-refractivity contribution is 5.87. The molecule has 0 heterocycles. The van der Waals surface area contributed by atoms with E-state index in [-0.39, 0.29) is 24.0 Å². The van der Waals surface area contributed by atoms with Gasteiger partial charge in [0.15, 0.2) is 0 Å². The molecule has 2 atom stereocenters. The van der Waals surface area contributed by atoms with Gasteiger partial charge < -0.3 is 9.47 Å². The van der Waals surface area contributed by atoms with Crippen LogP contribution in [-0.2, 0) is 19.1 Å². The fourth-order valence-electron chi connectivity index (χ4n) is 1.82. The van der Waals surface area contributed by atoms with Gasteiger partial charge in [-0.3, -0.25) is 4.79 Å². The molecule has 116 valence electrons. The van der Waals surface area contributed by atoms with Crippen molar-refractivity contribution in [3.8, 4) is 0 Å². The molecule has 20 heavy (non-hydrogen) atoms. The first kappa shape index (κ1) is 18.7. The van der Waals surface area contributed by atoms with Crippen LogP contribution in [0, 0.1) is 11.8 Å². The number of ether oxygens (including phenoxy) is 2. The molecule has 0 bridgehead atoms. The molecule has 0 aliphatic carbocycles. The van der Waals surface area contributed by atoms with Crippen LogP contribution in [0.25, 0.3) is 0 Å².